The molecule has 5 rings (SSSR count). The minimum atomic E-state index is -3.34. The lowest BCUT2D eigenvalue weighted by molar-refractivity contribution is -0.122. The van der Waals surface area contributed by atoms with Gasteiger partial charge >= 0.3 is 6.09 Å². The minimum absolute atomic E-state index is 0.0142. The first-order valence-electron chi connectivity index (χ1n) is 16.6. The number of anilines is 1. The number of nitrogens with one attached hydrogen (secondary N) is 3. The van der Waals surface area contributed by atoms with Crippen molar-refractivity contribution in [2.75, 3.05) is 38.4 Å². The first-order chi connectivity index (χ1) is 23.0. The number of hydrogen-bond donors (Lipinski definition) is 3. The minimum Gasteiger partial charge on any atom is -0.453 e. The van der Waals surface area contributed by atoms with Gasteiger partial charge in [0.2, 0.25) is 15.9 Å². The number of benzene rings is 2. The van der Waals surface area contributed by atoms with E-state index in [0.29, 0.717) is 80.7 Å². The van der Waals surface area contributed by atoms with Gasteiger partial charge in [0.15, 0.2) is 0 Å². The molecule has 3 aliphatic rings. The number of carbonyl (C=O) groups excluding carboxylic acids is 2. The van der Waals surface area contributed by atoms with Crippen molar-refractivity contribution >= 4 is 39.3 Å². The SMILES string of the molecule is C=C(NC(=O)OC)[C@H](C(=O)Nc1cccc(F)c1CCC[C@H]1CN[C@@H]2CCCS(=O)(=O)N1C2)[C@]1(c2ccc(Cl)cc2)CC[C@@H](OC)CC1. The zero-order chi connectivity index (χ0) is 34.5. The second-order valence-corrected chi connectivity index (χ2v) is 15.6. The first kappa shape index (κ1) is 36.3. The molecule has 3 fully saturated rings. The van der Waals surface area contributed by atoms with Crippen LogP contribution in [0.4, 0.5) is 14.9 Å². The number of halogens is 2. The van der Waals surface area contributed by atoms with Crippen LogP contribution in [0.2, 0.25) is 5.02 Å². The van der Waals surface area contributed by atoms with Gasteiger partial charge in [-0.3, -0.25) is 10.1 Å². The lowest BCUT2D eigenvalue weighted by Crippen LogP contribution is -2.57. The molecule has 2 aromatic rings. The molecular weight excluding hydrogens is 659 g/mol. The third-order valence-electron chi connectivity index (χ3n) is 10.3. The Hall–Kier alpha value is -3.03. The Morgan fingerprint density at radius 1 is 1.15 bits per heavy atom. The number of fused-ring (bicyclic) bond motifs is 2. The fraction of sp³-hybridized carbons (Fsp3) is 0.543. The molecule has 262 valence electrons. The van der Waals surface area contributed by atoms with Crippen molar-refractivity contribution in [2.24, 2.45) is 5.92 Å². The van der Waals surface area contributed by atoms with Crippen molar-refractivity contribution in [3.05, 3.63) is 76.7 Å². The van der Waals surface area contributed by atoms with E-state index in [9.17, 15) is 18.0 Å². The van der Waals surface area contributed by atoms with Crippen LogP contribution in [-0.2, 0) is 36.1 Å². The van der Waals surface area contributed by atoms with Crippen molar-refractivity contribution in [3.8, 4) is 0 Å². The second kappa shape index (κ2) is 15.7. The summed E-state index contributed by atoms with van der Waals surface area (Å²) >= 11 is 6.25. The Labute approximate surface area is 287 Å². The largest absolute Gasteiger partial charge is 0.453 e. The van der Waals surface area contributed by atoms with Crippen LogP contribution in [0.15, 0.2) is 54.7 Å². The fourth-order valence-corrected chi connectivity index (χ4v) is 9.69. The molecule has 2 saturated heterocycles. The number of alkyl carbamates (subject to hydrolysis) is 1. The highest BCUT2D eigenvalue weighted by molar-refractivity contribution is 7.89. The van der Waals surface area contributed by atoms with Gasteiger partial charge in [0.05, 0.1) is 24.9 Å². The summed E-state index contributed by atoms with van der Waals surface area (Å²) in [5, 5.41) is 9.66. The molecule has 3 N–H and O–H groups in total. The van der Waals surface area contributed by atoms with Crippen molar-refractivity contribution in [3.63, 3.8) is 0 Å². The number of amides is 2. The van der Waals surface area contributed by atoms with Crippen LogP contribution in [-0.4, -0.2) is 76.0 Å². The normalized spacial score (nSPS) is 27.2. The van der Waals surface area contributed by atoms with Gasteiger partial charge in [-0.2, -0.15) is 4.31 Å². The third kappa shape index (κ3) is 8.05. The number of carbonyl (C=O) groups is 2. The summed E-state index contributed by atoms with van der Waals surface area (Å²) in [4.78, 5) is 26.9. The third-order valence-corrected chi connectivity index (χ3v) is 12.5. The number of nitrogens with zero attached hydrogens (tertiary/aromatic N) is 1. The molecule has 1 unspecified atom stereocenters. The zero-order valence-corrected chi connectivity index (χ0v) is 29.2. The molecule has 0 aromatic heterocycles. The summed E-state index contributed by atoms with van der Waals surface area (Å²) < 4.78 is 53.5. The molecule has 13 heteroatoms. The van der Waals surface area contributed by atoms with Gasteiger partial charge in [-0.1, -0.05) is 36.4 Å². The van der Waals surface area contributed by atoms with Crippen LogP contribution in [0.25, 0.3) is 0 Å². The maximum atomic E-state index is 15.5. The Morgan fingerprint density at radius 3 is 2.56 bits per heavy atom. The Balaban J connectivity index is 1.41. The van der Waals surface area contributed by atoms with Gasteiger partial charge in [0.25, 0.3) is 0 Å². The van der Waals surface area contributed by atoms with Crippen LogP contribution in [0.1, 0.15) is 62.5 Å². The average Bonchev–Trinajstić information content (AvgIpc) is 3.18. The van der Waals surface area contributed by atoms with Crippen LogP contribution in [0, 0.1) is 11.7 Å². The van der Waals surface area contributed by atoms with E-state index in [1.54, 1.807) is 35.7 Å². The van der Waals surface area contributed by atoms with E-state index in [1.165, 1.54) is 13.2 Å². The summed E-state index contributed by atoms with van der Waals surface area (Å²) in [6.45, 7) is 5.14. The van der Waals surface area contributed by atoms with Gasteiger partial charge in [0.1, 0.15) is 5.82 Å². The fourth-order valence-electron chi connectivity index (χ4n) is 7.76. The monoisotopic (exact) mass is 704 g/mol. The molecule has 2 aromatic carbocycles. The number of methoxy groups -OCH3 is 2. The number of hydrogen-bond acceptors (Lipinski definition) is 7. The highest BCUT2D eigenvalue weighted by Crippen LogP contribution is 2.48. The second-order valence-electron chi connectivity index (χ2n) is 13.1. The van der Waals surface area contributed by atoms with Crippen LogP contribution < -0.4 is 16.0 Å². The van der Waals surface area contributed by atoms with Crippen LogP contribution in [0.5, 0.6) is 0 Å². The topological polar surface area (TPSA) is 126 Å². The van der Waals surface area contributed by atoms with E-state index in [-0.39, 0.29) is 29.6 Å². The summed E-state index contributed by atoms with van der Waals surface area (Å²) in [7, 11) is -0.440. The van der Waals surface area contributed by atoms with E-state index < -0.39 is 39.2 Å². The first-order valence-corrected chi connectivity index (χ1v) is 18.6. The smallest absolute Gasteiger partial charge is 0.411 e. The predicted octanol–water partition coefficient (Wildman–Crippen LogP) is 5.52. The number of rotatable bonds is 11. The lowest BCUT2D eigenvalue weighted by Gasteiger charge is -2.45. The molecule has 10 nitrogen and oxygen atoms in total. The Kier molecular flexibility index (Phi) is 11.8. The Bertz CT molecular complexity index is 1580. The maximum Gasteiger partial charge on any atom is 0.411 e. The van der Waals surface area contributed by atoms with Gasteiger partial charge in [-0.05, 0) is 87.6 Å². The maximum absolute atomic E-state index is 15.5. The molecule has 0 radical (unpaired) electrons. The standard InChI is InChI=1S/C35H46ClFN4O6S/c1-23(39-34(43)47-3)32(35(18-16-28(46-2)17-19-35)24-12-14-25(36)15-13-24)33(42)40-31-11-5-10-30(37)29(31)9-4-8-27-21-38-26-7-6-20-48(44,45)41(27)22-26/h5,10-15,26-28,32,38H,1,4,6-9,16-22H2,2-3H3,(H,39,43)(H,40,42)/t26-,27+,28-,32-,35-/m1/s1. The molecule has 2 amide bonds. The molecule has 2 heterocycles. The van der Waals surface area contributed by atoms with Crippen molar-refractivity contribution in [1.29, 1.82) is 0 Å². The highest BCUT2D eigenvalue weighted by Gasteiger charge is 2.48. The quantitative estimate of drug-likeness (QED) is 0.281. The van der Waals surface area contributed by atoms with Gasteiger partial charge in [-0.15, -0.1) is 0 Å². The number of sulfonamides is 1. The average molecular weight is 705 g/mol. The van der Waals surface area contributed by atoms with E-state index in [2.05, 4.69) is 22.5 Å². The predicted molar refractivity (Wildman–Crippen MR) is 184 cm³/mol. The summed E-state index contributed by atoms with van der Waals surface area (Å²) in [5.74, 6) is -1.73. The molecule has 2 aliphatic heterocycles. The molecule has 48 heavy (non-hydrogen) atoms. The molecule has 1 saturated carbocycles. The van der Waals surface area contributed by atoms with Crippen LogP contribution >= 0.6 is 11.6 Å². The zero-order valence-electron chi connectivity index (χ0n) is 27.6. The van der Waals surface area contributed by atoms with Crippen LogP contribution in [0.3, 0.4) is 0 Å². The molecular formula is C35H46ClFN4O6S. The van der Waals surface area contributed by atoms with Crippen molar-refractivity contribution < 1.29 is 31.9 Å². The molecule has 0 spiro atoms. The Morgan fingerprint density at radius 2 is 1.88 bits per heavy atom. The number of piperazine rings is 1. The molecule has 1 aliphatic carbocycles. The van der Waals surface area contributed by atoms with Gasteiger partial charge in [0, 0.05) is 59.7 Å². The summed E-state index contributed by atoms with van der Waals surface area (Å²) in [6, 6.07) is 11.8. The van der Waals surface area contributed by atoms with E-state index in [0.717, 1.165) is 12.0 Å². The van der Waals surface area contributed by atoms with Crippen molar-refractivity contribution in [1.82, 2.24) is 14.9 Å². The van der Waals surface area contributed by atoms with Crippen molar-refractivity contribution in [2.45, 2.75) is 81.4 Å². The van der Waals surface area contributed by atoms with Gasteiger partial charge in [-0.25, -0.2) is 17.6 Å². The van der Waals surface area contributed by atoms with E-state index >= 15 is 4.39 Å². The summed E-state index contributed by atoms with van der Waals surface area (Å²) in [5.41, 5.74) is 0.877. The highest BCUT2D eigenvalue weighted by atomic mass is 35.5. The molecule has 4 atom stereocenters. The lowest BCUT2D eigenvalue weighted by atomic mass is 9.60. The number of ether oxygens (including phenoxy) is 2. The van der Waals surface area contributed by atoms with Gasteiger partial charge < -0.3 is 20.1 Å². The molecule has 2 bridgehead atoms. The van der Waals surface area contributed by atoms with E-state index in [1.807, 2.05) is 12.1 Å². The van der Waals surface area contributed by atoms with E-state index in [4.69, 9.17) is 21.1 Å². The summed E-state index contributed by atoms with van der Waals surface area (Å²) in [6.07, 6.45) is 4.52.